The van der Waals surface area contributed by atoms with Crippen LogP contribution in [0.25, 0.3) is 10.8 Å². The number of anilines is 3. The molecule has 0 spiro atoms. The Morgan fingerprint density at radius 2 is 1.43 bits per heavy atom. The van der Waals surface area contributed by atoms with Crippen molar-refractivity contribution in [3.8, 4) is 0 Å². The summed E-state index contributed by atoms with van der Waals surface area (Å²) in [7, 11) is 0. The predicted molar refractivity (Wildman–Crippen MR) is 148 cm³/mol. The summed E-state index contributed by atoms with van der Waals surface area (Å²) in [4.78, 5) is 40.2. The van der Waals surface area contributed by atoms with Crippen LogP contribution in [0, 0.1) is 6.92 Å². The highest BCUT2D eigenvalue weighted by molar-refractivity contribution is 6.39. The van der Waals surface area contributed by atoms with E-state index in [0.29, 0.717) is 5.69 Å². The summed E-state index contributed by atoms with van der Waals surface area (Å²) in [6.07, 6.45) is 0. The van der Waals surface area contributed by atoms with Crippen LogP contribution in [0.1, 0.15) is 22.8 Å². The van der Waals surface area contributed by atoms with Gasteiger partial charge in [0.1, 0.15) is 6.04 Å². The first-order chi connectivity index (χ1) is 17.7. The smallest absolute Gasteiger partial charge is 0.326 e. The Hall–Kier alpha value is -4.07. The van der Waals surface area contributed by atoms with Gasteiger partial charge in [-0.3, -0.25) is 9.69 Å². The monoisotopic (exact) mass is 535 g/mol. The van der Waals surface area contributed by atoms with Crippen LogP contribution < -0.4 is 15.5 Å². The number of rotatable bonds is 6. The molecule has 0 unspecified atom stereocenters. The van der Waals surface area contributed by atoms with Gasteiger partial charge in [-0.25, -0.2) is 9.59 Å². The molecule has 4 aromatic carbocycles. The number of para-hydroxylation sites is 2. The molecule has 0 aliphatic heterocycles. The summed E-state index contributed by atoms with van der Waals surface area (Å²) < 4.78 is 0. The summed E-state index contributed by atoms with van der Waals surface area (Å²) in [5, 5.41) is 17.2. The van der Waals surface area contributed by atoms with Gasteiger partial charge in [0, 0.05) is 5.69 Å². The Balaban J connectivity index is 1.80. The number of halogens is 2. The van der Waals surface area contributed by atoms with Crippen molar-refractivity contribution in [2.45, 2.75) is 19.9 Å². The predicted octanol–water partition coefficient (Wildman–Crippen LogP) is 7.22. The number of aryl methyl sites for hydroxylation is 1. The van der Waals surface area contributed by atoms with Crippen LogP contribution in [0.2, 0.25) is 10.0 Å². The first-order valence-corrected chi connectivity index (χ1v) is 12.1. The van der Waals surface area contributed by atoms with Crippen molar-refractivity contribution in [1.82, 2.24) is 0 Å². The number of nitrogens with zero attached hydrogens (tertiary/aromatic N) is 1. The lowest BCUT2D eigenvalue weighted by Crippen LogP contribution is -2.44. The van der Waals surface area contributed by atoms with E-state index < -0.39 is 23.9 Å². The van der Waals surface area contributed by atoms with Crippen molar-refractivity contribution in [1.29, 1.82) is 0 Å². The van der Waals surface area contributed by atoms with Gasteiger partial charge in [-0.2, -0.15) is 0 Å². The number of fused-ring (bicyclic) bond motifs is 1. The Morgan fingerprint density at radius 1 is 0.838 bits per heavy atom. The number of carbonyl (C=O) groups excluding carboxylic acids is 2. The highest BCUT2D eigenvalue weighted by Crippen LogP contribution is 2.32. The van der Waals surface area contributed by atoms with Gasteiger partial charge in [0.2, 0.25) is 0 Å². The minimum Gasteiger partial charge on any atom is -0.480 e. The molecule has 0 aliphatic carbocycles. The molecular weight excluding hydrogens is 513 g/mol. The standard InChI is InChI=1S/C28H23Cl2N3O4/c1-16-8-3-6-13-24(16)33(17(2)27(35)36)26(34)20-14-18-9-4-5-10-19(18)15-23(20)31-28(37)32-25-21(29)11-7-12-22(25)30/h3-15,17H,1-2H3,(H,35,36)(H2,31,32,37)/t17-/m0/s1. The Kier molecular flexibility index (Phi) is 7.66. The number of amides is 3. The molecule has 4 rings (SSSR count). The zero-order valence-corrected chi connectivity index (χ0v) is 21.5. The van der Waals surface area contributed by atoms with Crippen LogP contribution in [0.3, 0.4) is 0 Å². The molecule has 3 N–H and O–H groups in total. The van der Waals surface area contributed by atoms with E-state index >= 15 is 0 Å². The average Bonchev–Trinajstić information content (AvgIpc) is 2.87. The molecule has 0 saturated heterocycles. The maximum Gasteiger partial charge on any atom is 0.326 e. The number of nitrogens with one attached hydrogen (secondary N) is 2. The molecule has 0 fully saturated rings. The molecule has 7 nitrogen and oxygen atoms in total. The van der Waals surface area contributed by atoms with Crippen molar-refractivity contribution in [3.05, 3.63) is 100 Å². The second-order valence-corrected chi connectivity index (χ2v) is 9.21. The highest BCUT2D eigenvalue weighted by atomic mass is 35.5. The lowest BCUT2D eigenvalue weighted by molar-refractivity contribution is -0.138. The van der Waals surface area contributed by atoms with Gasteiger partial charge in [-0.05, 0) is 60.5 Å². The molecule has 9 heteroatoms. The molecular formula is C28H23Cl2N3O4. The number of hydrogen-bond acceptors (Lipinski definition) is 3. The van der Waals surface area contributed by atoms with E-state index in [1.807, 2.05) is 24.3 Å². The Labute approximate surface area is 223 Å². The third kappa shape index (κ3) is 5.53. The zero-order valence-electron chi connectivity index (χ0n) is 20.0. The van der Waals surface area contributed by atoms with Gasteiger partial charge in [0.25, 0.3) is 5.91 Å². The summed E-state index contributed by atoms with van der Waals surface area (Å²) >= 11 is 12.4. The molecule has 0 radical (unpaired) electrons. The number of carboxylic acids is 1. The number of carboxylic acid groups (broad SMARTS) is 1. The topological polar surface area (TPSA) is 98.7 Å². The van der Waals surface area contributed by atoms with Crippen molar-refractivity contribution in [3.63, 3.8) is 0 Å². The fourth-order valence-corrected chi connectivity index (χ4v) is 4.46. The quantitative estimate of drug-likeness (QED) is 0.242. The van der Waals surface area contributed by atoms with Crippen LogP contribution in [-0.4, -0.2) is 29.1 Å². The summed E-state index contributed by atoms with van der Waals surface area (Å²) in [5.41, 5.74) is 1.72. The molecule has 3 amide bonds. The third-order valence-corrected chi connectivity index (χ3v) is 6.53. The number of benzene rings is 4. The number of carbonyl (C=O) groups is 3. The molecule has 0 saturated carbocycles. The van der Waals surface area contributed by atoms with Crippen molar-refractivity contribution < 1.29 is 19.5 Å². The lowest BCUT2D eigenvalue weighted by atomic mass is 10.0. The zero-order chi connectivity index (χ0) is 26.7. The lowest BCUT2D eigenvalue weighted by Gasteiger charge is -2.29. The van der Waals surface area contributed by atoms with E-state index in [1.165, 1.54) is 11.8 Å². The first-order valence-electron chi connectivity index (χ1n) is 11.3. The van der Waals surface area contributed by atoms with Gasteiger partial charge >= 0.3 is 12.0 Å². The van der Waals surface area contributed by atoms with Gasteiger partial charge in [-0.1, -0.05) is 71.7 Å². The molecule has 4 aromatic rings. The van der Waals surface area contributed by atoms with Crippen LogP contribution in [0.15, 0.2) is 78.9 Å². The van der Waals surface area contributed by atoms with E-state index in [9.17, 15) is 19.5 Å². The summed E-state index contributed by atoms with van der Waals surface area (Å²) in [6.45, 7) is 3.23. The maximum atomic E-state index is 14.0. The van der Waals surface area contributed by atoms with Crippen LogP contribution in [-0.2, 0) is 4.79 Å². The summed E-state index contributed by atoms with van der Waals surface area (Å²) in [6, 6.07) is 20.6. The van der Waals surface area contributed by atoms with Crippen molar-refractivity contribution in [2.75, 3.05) is 15.5 Å². The molecule has 37 heavy (non-hydrogen) atoms. The van der Waals surface area contributed by atoms with Gasteiger partial charge in [-0.15, -0.1) is 0 Å². The van der Waals surface area contributed by atoms with E-state index in [2.05, 4.69) is 10.6 Å². The number of hydrogen-bond donors (Lipinski definition) is 3. The molecule has 0 aliphatic rings. The van der Waals surface area contributed by atoms with Gasteiger partial charge in [0.05, 0.1) is 27.0 Å². The highest BCUT2D eigenvalue weighted by Gasteiger charge is 2.31. The second kappa shape index (κ2) is 10.9. The molecule has 0 bridgehead atoms. The van der Waals surface area contributed by atoms with Crippen LogP contribution in [0.5, 0.6) is 0 Å². The number of urea groups is 1. The Morgan fingerprint density at radius 3 is 2.05 bits per heavy atom. The van der Waals surface area contributed by atoms with Crippen LogP contribution in [0.4, 0.5) is 21.9 Å². The normalized spacial score (nSPS) is 11.6. The van der Waals surface area contributed by atoms with E-state index in [1.54, 1.807) is 61.5 Å². The number of aliphatic carboxylic acids is 1. The van der Waals surface area contributed by atoms with Gasteiger partial charge < -0.3 is 15.7 Å². The minimum atomic E-state index is -1.18. The van der Waals surface area contributed by atoms with E-state index in [-0.39, 0.29) is 27.0 Å². The van der Waals surface area contributed by atoms with E-state index in [0.717, 1.165) is 16.3 Å². The van der Waals surface area contributed by atoms with E-state index in [4.69, 9.17) is 23.2 Å². The molecule has 188 valence electrons. The SMILES string of the molecule is Cc1ccccc1N(C(=O)c1cc2ccccc2cc1NC(=O)Nc1c(Cl)cccc1Cl)[C@@H](C)C(=O)O. The first kappa shape index (κ1) is 26.0. The van der Waals surface area contributed by atoms with Crippen molar-refractivity contribution >= 4 is 68.9 Å². The maximum absolute atomic E-state index is 14.0. The van der Waals surface area contributed by atoms with Crippen LogP contribution >= 0.6 is 23.2 Å². The fourth-order valence-electron chi connectivity index (χ4n) is 3.97. The largest absolute Gasteiger partial charge is 0.480 e. The summed E-state index contributed by atoms with van der Waals surface area (Å²) in [5.74, 6) is -1.75. The Bertz CT molecular complexity index is 1500. The second-order valence-electron chi connectivity index (χ2n) is 8.40. The fraction of sp³-hybridized carbons (Fsp3) is 0.107. The molecule has 0 heterocycles. The average molecular weight is 536 g/mol. The molecule has 1 atom stereocenters. The van der Waals surface area contributed by atoms with Crippen molar-refractivity contribution in [2.24, 2.45) is 0 Å². The minimum absolute atomic E-state index is 0.121. The third-order valence-electron chi connectivity index (χ3n) is 5.90. The van der Waals surface area contributed by atoms with Gasteiger partial charge in [0.15, 0.2) is 0 Å². The molecule has 0 aromatic heterocycles.